The second kappa shape index (κ2) is 9.23. The van der Waals surface area contributed by atoms with Gasteiger partial charge in [-0.3, -0.25) is 9.48 Å². The first-order valence-electron chi connectivity index (χ1n) is 9.31. The zero-order chi connectivity index (χ0) is 22.8. The average molecular weight is 474 g/mol. The molecule has 1 N–H and O–H groups in total. The summed E-state index contributed by atoms with van der Waals surface area (Å²) in [5.74, 6) is -0.347. The molecule has 1 aliphatic heterocycles. The zero-order valence-electron chi connectivity index (χ0n) is 16.4. The molecule has 1 saturated heterocycles. The van der Waals surface area contributed by atoms with Crippen molar-refractivity contribution in [2.75, 3.05) is 36.4 Å². The van der Waals surface area contributed by atoms with Gasteiger partial charge in [0.2, 0.25) is 5.91 Å². The first kappa shape index (κ1) is 23.0. The Labute approximate surface area is 187 Å². The summed E-state index contributed by atoms with van der Waals surface area (Å²) < 4.78 is 40.1. The number of rotatable bonds is 6. The first-order chi connectivity index (χ1) is 14.7. The molecular formula is C20H20Cl2F3N5O. The number of benzene rings is 1. The van der Waals surface area contributed by atoms with Crippen LogP contribution in [0.15, 0.2) is 37.6 Å². The number of nitrogens with one attached hydrogen (secondary N) is 1. The number of amides is 1. The zero-order valence-corrected chi connectivity index (χ0v) is 17.9. The van der Waals surface area contributed by atoms with E-state index in [-0.39, 0.29) is 18.1 Å². The van der Waals surface area contributed by atoms with E-state index in [9.17, 15) is 18.0 Å². The van der Waals surface area contributed by atoms with Gasteiger partial charge >= 0.3 is 6.18 Å². The molecule has 3 rings (SSSR count). The van der Waals surface area contributed by atoms with E-state index in [2.05, 4.69) is 28.5 Å². The van der Waals surface area contributed by atoms with Gasteiger partial charge in [-0.2, -0.15) is 18.3 Å². The number of alkyl halides is 3. The maximum Gasteiger partial charge on any atom is 0.436 e. The average Bonchev–Trinajstić information content (AvgIpc) is 3.05. The SMILES string of the molecule is C=CNc1cc(N2CCN(C(=O)Cn3nc(C(F)(F)F)c(Cl)c3C=C)CC2)ccc1Cl. The fraction of sp³-hybridized carbons (Fsp3) is 0.300. The van der Waals surface area contributed by atoms with E-state index in [1.165, 1.54) is 6.20 Å². The molecule has 0 saturated carbocycles. The molecule has 31 heavy (non-hydrogen) atoms. The first-order valence-corrected chi connectivity index (χ1v) is 10.1. The molecule has 2 heterocycles. The second-order valence-corrected chi connectivity index (χ2v) is 7.57. The number of carbonyl (C=O) groups excluding carboxylic acids is 1. The molecule has 1 aromatic heterocycles. The van der Waals surface area contributed by atoms with Gasteiger partial charge in [0.1, 0.15) is 6.54 Å². The lowest BCUT2D eigenvalue weighted by atomic mass is 10.2. The number of aromatic nitrogens is 2. The second-order valence-electron chi connectivity index (χ2n) is 6.79. The maximum absolute atomic E-state index is 13.1. The fourth-order valence-electron chi connectivity index (χ4n) is 3.32. The maximum atomic E-state index is 13.1. The highest BCUT2D eigenvalue weighted by Crippen LogP contribution is 2.36. The number of hydrogen-bond donors (Lipinski definition) is 1. The van der Waals surface area contributed by atoms with E-state index in [0.717, 1.165) is 22.1 Å². The Kier molecular flexibility index (Phi) is 6.86. The van der Waals surface area contributed by atoms with Crippen molar-refractivity contribution in [1.29, 1.82) is 0 Å². The molecule has 0 radical (unpaired) electrons. The molecule has 1 aromatic carbocycles. The summed E-state index contributed by atoms with van der Waals surface area (Å²) in [6, 6.07) is 5.55. The van der Waals surface area contributed by atoms with Crippen molar-refractivity contribution in [3.63, 3.8) is 0 Å². The lowest BCUT2D eigenvalue weighted by Crippen LogP contribution is -2.49. The molecule has 0 unspecified atom stereocenters. The third kappa shape index (κ3) is 4.99. The summed E-state index contributed by atoms with van der Waals surface area (Å²) in [7, 11) is 0. The number of anilines is 2. The van der Waals surface area contributed by atoms with Crippen molar-refractivity contribution in [2.24, 2.45) is 0 Å². The van der Waals surface area contributed by atoms with Crippen LogP contribution in [0.2, 0.25) is 10.0 Å². The van der Waals surface area contributed by atoms with Gasteiger partial charge in [0, 0.05) is 31.9 Å². The van der Waals surface area contributed by atoms with Crippen molar-refractivity contribution >= 4 is 46.6 Å². The van der Waals surface area contributed by atoms with Gasteiger partial charge in [0.15, 0.2) is 5.69 Å². The van der Waals surface area contributed by atoms with Crippen LogP contribution in [0.5, 0.6) is 0 Å². The standard InChI is InChI=1S/C20H20Cl2F3N5O/c1-3-16-18(22)19(20(23,24)25)27-30(16)12-17(31)29-9-7-28(8-10-29)13-5-6-14(21)15(11-13)26-4-2/h3-6,11,26H,1-2,7-10,12H2. The lowest BCUT2D eigenvalue weighted by Gasteiger charge is -2.36. The molecule has 2 aromatic rings. The molecule has 1 fully saturated rings. The molecule has 1 aliphatic rings. The third-order valence-electron chi connectivity index (χ3n) is 4.88. The highest BCUT2D eigenvalue weighted by atomic mass is 35.5. The predicted octanol–water partition coefficient (Wildman–Crippen LogP) is 4.76. The number of halogens is 5. The van der Waals surface area contributed by atoms with E-state index < -0.39 is 16.9 Å². The van der Waals surface area contributed by atoms with Crippen LogP contribution >= 0.6 is 23.2 Å². The molecule has 0 bridgehead atoms. The number of nitrogens with zero attached hydrogens (tertiary/aromatic N) is 4. The Morgan fingerprint density at radius 1 is 1.19 bits per heavy atom. The Morgan fingerprint density at radius 3 is 2.45 bits per heavy atom. The minimum absolute atomic E-state index is 0.0376. The molecule has 0 spiro atoms. The number of carbonyl (C=O) groups is 1. The minimum Gasteiger partial charge on any atom is -0.368 e. The van der Waals surface area contributed by atoms with Crippen LogP contribution in [0.3, 0.4) is 0 Å². The molecule has 0 aliphatic carbocycles. The Balaban J connectivity index is 1.67. The van der Waals surface area contributed by atoms with Crippen molar-refractivity contribution in [3.8, 4) is 0 Å². The molecule has 0 atom stereocenters. The van der Waals surface area contributed by atoms with Crippen LogP contribution in [0, 0.1) is 0 Å². The van der Waals surface area contributed by atoms with Gasteiger partial charge in [-0.1, -0.05) is 36.4 Å². The van der Waals surface area contributed by atoms with Gasteiger partial charge in [0.05, 0.1) is 21.4 Å². The highest BCUT2D eigenvalue weighted by Gasteiger charge is 2.38. The Bertz CT molecular complexity index is 997. The predicted molar refractivity (Wildman–Crippen MR) is 116 cm³/mol. The Hall–Kier alpha value is -2.65. The van der Waals surface area contributed by atoms with Crippen LogP contribution < -0.4 is 10.2 Å². The third-order valence-corrected chi connectivity index (χ3v) is 5.59. The highest BCUT2D eigenvalue weighted by molar-refractivity contribution is 6.33. The van der Waals surface area contributed by atoms with Crippen LogP contribution in [-0.4, -0.2) is 46.8 Å². The summed E-state index contributed by atoms with van der Waals surface area (Å²) in [4.78, 5) is 16.4. The van der Waals surface area contributed by atoms with Crippen LogP contribution in [0.1, 0.15) is 11.4 Å². The molecule has 1 amide bonds. The quantitative estimate of drug-likeness (QED) is 0.657. The Morgan fingerprint density at radius 2 is 1.87 bits per heavy atom. The van der Waals surface area contributed by atoms with Crippen molar-refractivity contribution in [3.05, 3.63) is 59.0 Å². The molecule has 11 heteroatoms. The fourth-order valence-corrected chi connectivity index (χ4v) is 3.81. The monoisotopic (exact) mass is 473 g/mol. The van der Waals surface area contributed by atoms with Crippen molar-refractivity contribution in [1.82, 2.24) is 14.7 Å². The molecule has 6 nitrogen and oxygen atoms in total. The van der Waals surface area contributed by atoms with E-state index in [0.29, 0.717) is 31.2 Å². The summed E-state index contributed by atoms with van der Waals surface area (Å²) >= 11 is 11.9. The van der Waals surface area contributed by atoms with E-state index in [4.69, 9.17) is 23.2 Å². The van der Waals surface area contributed by atoms with Gasteiger partial charge in [-0.15, -0.1) is 0 Å². The van der Waals surface area contributed by atoms with E-state index in [1.54, 1.807) is 11.0 Å². The van der Waals surface area contributed by atoms with Crippen molar-refractivity contribution in [2.45, 2.75) is 12.7 Å². The normalized spacial score (nSPS) is 14.5. The van der Waals surface area contributed by atoms with Crippen LogP contribution in [0.25, 0.3) is 6.08 Å². The number of hydrogen-bond acceptors (Lipinski definition) is 4. The summed E-state index contributed by atoms with van der Waals surface area (Å²) in [5.41, 5.74) is 0.391. The topological polar surface area (TPSA) is 53.4 Å². The van der Waals surface area contributed by atoms with Gasteiger partial charge in [-0.25, -0.2) is 0 Å². The van der Waals surface area contributed by atoms with Crippen molar-refractivity contribution < 1.29 is 18.0 Å². The minimum atomic E-state index is -4.72. The largest absolute Gasteiger partial charge is 0.436 e. The smallest absolute Gasteiger partial charge is 0.368 e. The van der Waals surface area contributed by atoms with Gasteiger partial charge < -0.3 is 15.1 Å². The van der Waals surface area contributed by atoms with Gasteiger partial charge in [-0.05, 0) is 30.5 Å². The molecule has 166 valence electrons. The summed E-state index contributed by atoms with van der Waals surface area (Å²) in [6.45, 7) is 8.68. The van der Waals surface area contributed by atoms with Crippen LogP contribution in [0.4, 0.5) is 24.5 Å². The van der Waals surface area contributed by atoms with E-state index in [1.807, 2.05) is 12.1 Å². The lowest BCUT2D eigenvalue weighted by molar-refractivity contribution is -0.142. The summed E-state index contributed by atoms with van der Waals surface area (Å²) in [6.07, 6.45) is -2.03. The molecular weight excluding hydrogens is 454 g/mol. The number of piperazine rings is 1. The van der Waals surface area contributed by atoms with E-state index >= 15 is 0 Å². The van der Waals surface area contributed by atoms with Gasteiger partial charge in [0.25, 0.3) is 0 Å². The van der Waals surface area contributed by atoms with Crippen LogP contribution in [-0.2, 0) is 17.5 Å². The summed E-state index contributed by atoms with van der Waals surface area (Å²) in [5, 5.41) is 6.46.